The molecule has 9 aliphatic rings. The third-order valence-corrected chi connectivity index (χ3v) is 30.0. The van der Waals surface area contributed by atoms with Crippen LogP contribution in [0, 0.1) is 100 Å². The number of imidazole rings is 1. The molecule has 666 valence electrons. The Morgan fingerprint density at radius 3 is 2.03 bits per heavy atom. The van der Waals surface area contributed by atoms with Crippen molar-refractivity contribution in [2.75, 3.05) is 13.2 Å². The van der Waals surface area contributed by atoms with E-state index in [1.54, 1.807) is 12.5 Å². The zero-order valence-electron chi connectivity index (χ0n) is 73.4. The molecule has 121 heavy (non-hydrogen) atoms. The summed E-state index contributed by atoms with van der Waals surface area (Å²) in [4.78, 5) is 128. The average molecular weight is 1740 g/mol. The molecule has 31 heteroatoms. The molecule has 3 aliphatic carbocycles. The van der Waals surface area contributed by atoms with E-state index in [0.717, 1.165) is 54.1 Å². The molecule has 8 bridgehead atoms. The molecule has 6 aliphatic heterocycles. The van der Waals surface area contributed by atoms with Crippen LogP contribution < -0.4 is 44.6 Å². The van der Waals surface area contributed by atoms with E-state index in [-0.39, 0.29) is 100 Å². The second-order valence-electron chi connectivity index (χ2n) is 37.8. The van der Waals surface area contributed by atoms with Crippen molar-refractivity contribution < 1.29 is 88.9 Å². The number of carbonyl (C=O) groups is 7. The van der Waals surface area contributed by atoms with Crippen molar-refractivity contribution in [1.29, 1.82) is 5.26 Å². The number of hydrogen-bond acceptors (Lipinski definition) is 20. The Balaban J connectivity index is 0.000000492. The fraction of sp³-hybridized carbons (Fsp3) is 0.667. The summed E-state index contributed by atoms with van der Waals surface area (Å²) < 4.78 is 31.9. The Labute approximate surface area is 724 Å². The number of aliphatic hydroxyl groups is 3. The van der Waals surface area contributed by atoms with Crippen molar-refractivity contribution >= 4 is 77.3 Å². The van der Waals surface area contributed by atoms with Crippen molar-refractivity contribution in [2.24, 2.45) is 124 Å². The van der Waals surface area contributed by atoms with Gasteiger partial charge < -0.3 is 95.4 Å². The van der Waals surface area contributed by atoms with Crippen LogP contribution in [0.5, 0.6) is 0 Å². The smallest absolute Gasteiger partial charge is 0.756 e. The van der Waals surface area contributed by atoms with Gasteiger partial charge in [0.25, 0.3) is 7.82 Å². The number of primary amides is 6. The van der Waals surface area contributed by atoms with Gasteiger partial charge in [-0.25, -0.2) is 4.98 Å². The molecule has 2 saturated heterocycles. The van der Waals surface area contributed by atoms with Crippen LogP contribution in [0.2, 0.25) is 0 Å². The van der Waals surface area contributed by atoms with Crippen LogP contribution in [0.25, 0.3) is 16.4 Å². The molecule has 29 nitrogen and oxygen atoms in total. The molecular weight excluding hydrogens is 1610 g/mol. The summed E-state index contributed by atoms with van der Waals surface area (Å²) in [6.45, 7) is 37.8. The molecule has 5 fully saturated rings. The normalized spacial score (nSPS) is 34.2. The number of nitrogens with one attached hydrogen (secondary N) is 1. The first-order valence-corrected chi connectivity index (χ1v) is 44.2. The monoisotopic (exact) mass is 1740 g/mol. The van der Waals surface area contributed by atoms with Gasteiger partial charge in [-0.3, -0.25) is 53.1 Å². The number of rotatable bonds is 32. The maximum atomic E-state index is 14.4. The average Bonchev–Trinajstić information content (AvgIpc) is 1.52. The van der Waals surface area contributed by atoms with Crippen LogP contribution >= 0.6 is 7.82 Å². The minimum Gasteiger partial charge on any atom is -0.756 e. The number of ether oxygens (including phenoxy) is 1. The van der Waals surface area contributed by atoms with Crippen LogP contribution in [0.1, 0.15) is 249 Å². The summed E-state index contributed by atoms with van der Waals surface area (Å²) >= 11 is 0. The second kappa shape index (κ2) is 39.6. The van der Waals surface area contributed by atoms with E-state index in [1.165, 1.54) is 80.3 Å². The summed E-state index contributed by atoms with van der Waals surface area (Å²) in [5, 5.41) is 46.4. The molecule has 2 aromatic rings. The number of allylic oxidation sites excluding steroid dienone is 10. The summed E-state index contributed by atoms with van der Waals surface area (Å²) in [5.74, 6) is -4.03. The Kier molecular flexibility index (Phi) is 32.3. The van der Waals surface area contributed by atoms with Gasteiger partial charge >= 0.3 is 16.8 Å². The summed E-state index contributed by atoms with van der Waals surface area (Å²) in [5.41, 5.74) is 41.4. The Bertz CT molecular complexity index is 4620. The molecule has 16 N–H and O–H groups in total. The van der Waals surface area contributed by atoms with Gasteiger partial charge in [0, 0.05) is 114 Å². The molecule has 20 atom stereocenters. The summed E-state index contributed by atoms with van der Waals surface area (Å²) in [6.07, 6.45) is 13.4. The quantitative estimate of drug-likeness (QED) is 0.0240. The predicted molar refractivity (Wildman–Crippen MR) is 458 cm³/mol. The van der Waals surface area contributed by atoms with Gasteiger partial charge in [-0.1, -0.05) is 124 Å². The van der Waals surface area contributed by atoms with Gasteiger partial charge in [0.2, 0.25) is 41.4 Å². The third-order valence-electron chi connectivity index (χ3n) is 28.8. The Morgan fingerprint density at radius 2 is 1.42 bits per heavy atom. The third kappa shape index (κ3) is 20.9. The van der Waals surface area contributed by atoms with Crippen molar-refractivity contribution in [3.63, 3.8) is 0 Å². The summed E-state index contributed by atoms with van der Waals surface area (Å²) in [7, 11) is -5.32. The number of amides is 7. The number of aromatic nitrogens is 2. The number of aryl methyl sites for hydroxylation is 2. The largest absolute Gasteiger partial charge is 3.00 e. The zero-order chi connectivity index (χ0) is 89.0. The molecule has 11 rings (SSSR count). The number of phosphoric acid groups is 1. The number of fused-ring (bicyclic) bond motifs is 8. The van der Waals surface area contributed by atoms with E-state index in [9.17, 15) is 58.3 Å². The molecule has 1 aromatic carbocycles. The van der Waals surface area contributed by atoms with E-state index in [4.69, 9.17) is 80.3 Å². The predicted octanol–water partition coefficient (Wildman–Crippen LogP) is 11.0. The molecule has 3 saturated carbocycles. The number of carbonyl (C=O) groups excluding carboxylic acids is 7. The molecule has 7 heterocycles. The first-order valence-electron chi connectivity index (χ1n) is 42.8. The fourth-order valence-corrected chi connectivity index (χ4v) is 23.1. The van der Waals surface area contributed by atoms with Crippen LogP contribution in [0.15, 0.2) is 103 Å². The number of hydrogen-bond donors (Lipinski definition) is 10. The van der Waals surface area contributed by atoms with Gasteiger partial charge in [0.1, 0.15) is 18.3 Å². The minimum absolute atomic E-state index is 0. The van der Waals surface area contributed by atoms with E-state index in [2.05, 4.69) is 56.7 Å². The van der Waals surface area contributed by atoms with Crippen molar-refractivity contribution in [3.8, 4) is 0 Å². The van der Waals surface area contributed by atoms with E-state index < -0.39 is 143 Å². The van der Waals surface area contributed by atoms with Crippen LogP contribution in [0.3, 0.4) is 0 Å². The zero-order valence-corrected chi connectivity index (χ0v) is 75.4. The Morgan fingerprint density at radius 1 is 0.793 bits per heavy atom. The van der Waals surface area contributed by atoms with Crippen LogP contribution in [-0.2, 0) is 68.7 Å². The van der Waals surface area contributed by atoms with Crippen LogP contribution in [0.4, 0.5) is 0 Å². The van der Waals surface area contributed by atoms with Gasteiger partial charge in [0.05, 0.1) is 36.2 Å². The Hall–Kier alpha value is -7.82. The number of aliphatic imine (C=N–C) groups is 3. The first kappa shape index (κ1) is 98.6. The van der Waals surface area contributed by atoms with Gasteiger partial charge in [-0.15, -0.1) is 0 Å². The van der Waals surface area contributed by atoms with E-state index >= 15 is 0 Å². The van der Waals surface area contributed by atoms with Gasteiger partial charge in [-0.05, 0) is 204 Å². The SMILES string of the molecule is C/C1=C2N=C(/C=C3N=C(/C(C)=C4\[N-][C@@](C)([C@@H]5N=C1[C@](C)(CCC(=O)NCC(C)OP(=O)([O-])O[C@H]1[C@@H](O)[C@@H](n6cnc7cc(C)c(C)cc76)O[C@@H]1CO)[C@H]5CC(N)=O)[C@@](C)(CC(N)=O)[C@@H]4CCC(N)=O)[C@@](C)(CC(N)=O)[C@@H]\3CCC(N)=O)C(C)(C)[C@@H]/2CCC(N)=O.C=C1CC[C@H](O)C/C1=C/C=C1\CCC[C@]2(C)[C@@H]([C@H](C)CCCC(C)C)CC[C@@H]12.[C-]#N.[Co+3]. The van der Waals surface area contributed by atoms with Crippen molar-refractivity contribution in [1.82, 2.24) is 14.9 Å². The molecule has 0 radical (unpaired) electrons. The standard InChI is InChI=1S/C62H90N13O14P.C27H44O.CN.Co/c1-29-20-39-40(21-30(29)2)75(28-70-39)57-52(84)53(41(27-76)87-57)89-90(85,86)88-31(3)26-69-49(83)18-19-59(8)37(22-46(66)80)56-62(11)61(10,25-48(68)82)36(14-17-45(65)79)51(74-62)33(5)55-60(9,24-47(67)81)34(12-15-43(63)77)38(71-55)23-42-58(6,7)35(13-16-44(64)78)50(72-42)32(4)54(59)73-56;1-19(2)8-6-9-21(4)25-15-16-26-22(10-7-17-27(25,26)5)12-13-23-18-24(28)14-11-20(23)3;1-2;/h20-21,23,28,31,34-37,41,52-53,56-57,76,84H,12-19,22,24-27H2,1-11H3,(H15,63,64,65,66,67,68,69,71,72,73,74,77,78,79,80,81,82,83,85,86);12-13,19,21,24-26,28H,3,6-11,14-18H2,1-2,4-5H3;;/q;;-1;+3/p-2/b;22-12+,23-13-;;/t31?,34-,35-,36-,37+,41-,52-,53-,56-,57+,59-,60+,61+,62+;21-,24+,25-,26+,27-;;/m11../s1. The molecule has 2 unspecified atom stereocenters. The van der Waals surface area contributed by atoms with Crippen molar-refractivity contribution in [3.05, 3.63) is 111 Å². The van der Waals surface area contributed by atoms with E-state index in [1.807, 2.05) is 80.5 Å². The maximum absolute atomic E-state index is 14.4. The molecule has 0 spiro atoms. The fourth-order valence-electron chi connectivity index (χ4n) is 22.0. The number of aliphatic hydroxyl groups excluding tert-OH is 3. The number of nitrogens with two attached hydrogens (primary N) is 6. The molecule has 1 aromatic heterocycles. The van der Waals surface area contributed by atoms with Gasteiger partial charge in [-0.2, -0.15) is 5.70 Å². The van der Waals surface area contributed by atoms with Crippen LogP contribution in [-0.4, -0.2) is 139 Å². The molecular formula is C90H132CoN14O15P. The number of benzene rings is 1. The van der Waals surface area contributed by atoms with Gasteiger partial charge in [0.15, 0.2) is 6.23 Å². The van der Waals surface area contributed by atoms with E-state index in [0.29, 0.717) is 61.8 Å². The topological polar surface area (TPSA) is 509 Å². The van der Waals surface area contributed by atoms with Crippen molar-refractivity contribution in [2.45, 2.75) is 293 Å². The number of nitrogens with zero attached hydrogens (tertiary/aromatic N) is 7. The maximum Gasteiger partial charge on any atom is 3.00 e. The minimum atomic E-state index is -5.32. The second-order valence-corrected chi connectivity index (χ2v) is 39.1. The molecule has 7 amide bonds. The summed E-state index contributed by atoms with van der Waals surface area (Å²) in [6, 6.07) is 2.65. The first-order chi connectivity index (χ1) is 56.1. The number of phosphoric ester groups is 1.